The molecule has 0 atom stereocenters. The van der Waals surface area contributed by atoms with Gasteiger partial charge in [-0.3, -0.25) is 0 Å². The third-order valence-electron chi connectivity index (χ3n) is 2.31. The molecule has 108 valence electrons. The van der Waals surface area contributed by atoms with Crippen molar-refractivity contribution in [2.24, 2.45) is 0 Å². The highest BCUT2D eigenvalue weighted by atomic mass is 32.1. The fourth-order valence-corrected chi connectivity index (χ4v) is 1.88. The highest BCUT2D eigenvalue weighted by molar-refractivity contribution is 7.07. The van der Waals surface area contributed by atoms with E-state index in [1.807, 2.05) is 45.5 Å². The van der Waals surface area contributed by atoms with Crippen molar-refractivity contribution in [3.8, 4) is 0 Å². The van der Waals surface area contributed by atoms with Gasteiger partial charge in [-0.05, 0) is 34.6 Å². The van der Waals surface area contributed by atoms with Crippen molar-refractivity contribution in [1.82, 2.24) is 15.6 Å². The molecule has 0 saturated heterocycles. The number of amides is 1. The first kappa shape index (κ1) is 15.9. The second-order valence-electron chi connectivity index (χ2n) is 6.07. The SMILES string of the molecule is CC(C)(CNC(=O)OC(C)(C)C)NCc1cscn1. The summed E-state index contributed by atoms with van der Waals surface area (Å²) in [4.78, 5) is 15.8. The minimum atomic E-state index is -0.470. The van der Waals surface area contributed by atoms with Crippen LogP contribution in [0.1, 0.15) is 40.3 Å². The molecule has 0 aliphatic heterocycles. The lowest BCUT2D eigenvalue weighted by molar-refractivity contribution is 0.0513. The molecule has 1 heterocycles. The van der Waals surface area contributed by atoms with Crippen LogP contribution in [0.25, 0.3) is 0 Å². The number of ether oxygens (including phenoxy) is 1. The summed E-state index contributed by atoms with van der Waals surface area (Å²) in [6.07, 6.45) is -0.393. The molecule has 0 aliphatic carbocycles. The van der Waals surface area contributed by atoms with E-state index in [-0.39, 0.29) is 5.54 Å². The van der Waals surface area contributed by atoms with Gasteiger partial charge in [-0.15, -0.1) is 11.3 Å². The third-order valence-corrected chi connectivity index (χ3v) is 2.94. The normalized spacial score (nSPS) is 12.3. The molecule has 1 aromatic heterocycles. The lowest BCUT2D eigenvalue weighted by atomic mass is 10.1. The standard InChI is InChI=1S/C13H23N3O2S/c1-12(2,3)18-11(17)14-8-13(4,5)16-6-10-7-19-9-15-10/h7,9,16H,6,8H2,1-5H3,(H,14,17). The van der Waals surface area contributed by atoms with Gasteiger partial charge in [-0.25, -0.2) is 9.78 Å². The molecular weight excluding hydrogens is 262 g/mol. The molecular formula is C13H23N3O2S. The van der Waals surface area contributed by atoms with Crippen LogP contribution in [0.3, 0.4) is 0 Å². The van der Waals surface area contributed by atoms with Crippen LogP contribution in [-0.2, 0) is 11.3 Å². The van der Waals surface area contributed by atoms with Crippen molar-refractivity contribution >= 4 is 17.4 Å². The Morgan fingerprint density at radius 1 is 1.37 bits per heavy atom. The molecule has 1 aromatic rings. The summed E-state index contributed by atoms with van der Waals surface area (Å²) in [5.74, 6) is 0. The van der Waals surface area contributed by atoms with Crippen molar-refractivity contribution in [3.05, 3.63) is 16.6 Å². The number of thiazole rings is 1. The zero-order valence-electron chi connectivity index (χ0n) is 12.2. The van der Waals surface area contributed by atoms with Gasteiger partial charge >= 0.3 is 6.09 Å². The Hall–Kier alpha value is -1.14. The number of hydrogen-bond donors (Lipinski definition) is 2. The number of rotatable bonds is 5. The highest BCUT2D eigenvalue weighted by Crippen LogP contribution is 2.08. The van der Waals surface area contributed by atoms with Gasteiger partial charge in [0.05, 0.1) is 11.2 Å². The van der Waals surface area contributed by atoms with Crippen LogP contribution < -0.4 is 10.6 Å². The van der Waals surface area contributed by atoms with Gasteiger partial charge in [0.25, 0.3) is 0 Å². The largest absolute Gasteiger partial charge is 0.444 e. The first-order chi connectivity index (χ1) is 8.68. The van der Waals surface area contributed by atoms with Crippen LogP contribution in [0.4, 0.5) is 4.79 Å². The van der Waals surface area contributed by atoms with Crippen molar-refractivity contribution in [2.45, 2.75) is 52.3 Å². The van der Waals surface area contributed by atoms with Crippen LogP contribution in [0, 0.1) is 0 Å². The Morgan fingerprint density at radius 3 is 2.58 bits per heavy atom. The summed E-state index contributed by atoms with van der Waals surface area (Å²) in [5, 5.41) is 8.13. The number of aromatic nitrogens is 1. The fraction of sp³-hybridized carbons (Fsp3) is 0.692. The Balaban J connectivity index is 2.32. The zero-order chi connectivity index (χ0) is 14.5. The van der Waals surface area contributed by atoms with E-state index in [1.165, 1.54) is 0 Å². The average molecular weight is 285 g/mol. The molecule has 0 spiro atoms. The average Bonchev–Trinajstić information content (AvgIpc) is 2.74. The summed E-state index contributed by atoms with van der Waals surface area (Å²) >= 11 is 1.57. The quantitative estimate of drug-likeness (QED) is 0.872. The maximum absolute atomic E-state index is 11.6. The van der Waals surface area contributed by atoms with Gasteiger partial charge in [0.1, 0.15) is 5.60 Å². The monoisotopic (exact) mass is 285 g/mol. The van der Waals surface area contributed by atoms with E-state index in [0.717, 1.165) is 5.69 Å². The van der Waals surface area contributed by atoms with Crippen molar-refractivity contribution in [2.75, 3.05) is 6.54 Å². The number of carbonyl (C=O) groups excluding carboxylic acids is 1. The minimum absolute atomic E-state index is 0.222. The van der Waals surface area contributed by atoms with Crippen LogP contribution in [-0.4, -0.2) is 28.8 Å². The Labute approximate surface area is 118 Å². The maximum Gasteiger partial charge on any atom is 0.407 e. The molecule has 0 saturated carbocycles. The van der Waals surface area contributed by atoms with E-state index in [9.17, 15) is 4.79 Å². The lowest BCUT2D eigenvalue weighted by Crippen LogP contribution is -2.49. The van der Waals surface area contributed by atoms with Crippen molar-refractivity contribution in [1.29, 1.82) is 0 Å². The molecule has 19 heavy (non-hydrogen) atoms. The molecule has 0 bridgehead atoms. The van der Waals surface area contributed by atoms with E-state index in [0.29, 0.717) is 13.1 Å². The minimum Gasteiger partial charge on any atom is -0.444 e. The van der Waals surface area contributed by atoms with Gasteiger partial charge in [0, 0.05) is 24.0 Å². The molecule has 0 fully saturated rings. The molecule has 1 amide bonds. The van der Waals surface area contributed by atoms with Crippen molar-refractivity contribution in [3.63, 3.8) is 0 Å². The van der Waals surface area contributed by atoms with Gasteiger partial charge in [-0.2, -0.15) is 0 Å². The molecule has 6 heteroatoms. The van der Waals surface area contributed by atoms with Crippen LogP contribution in [0.2, 0.25) is 0 Å². The zero-order valence-corrected chi connectivity index (χ0v) is 13.1. The van der Waals surface area contributed by atoms with Gasteiger partial charge in [-0.1, -0.05) is 0 Å². The number of hydrogen-bond acceptors (Lipinski definition) is 5. The fourth-order valence-electron chi connectivity index (χ4n) is 1.32. The Bertz CT molecular complexity index is 397. The molecule has 0 radical (unpaired) electrons. The number of carbonyl (C=O) groups is 1. The molecule has 0 aromatic carbocycles. The Morgan fingerprint density at radius 2 is 2.05 bits per heavy atom. The first-order valence-corrected chi connectivity index (χ1v) is 7.21. The predicted molar refractivity (Wildman–Crippen MR) is 77.3 cm³/mol. The molecule has 2 N–H and O–H groups in total. The maximum atomic E-state index is 11.6. The van der Waals surface area contributed by atoms with Crippen LogP contribution in [0.5, 0.6) is 0 Å². The first-order valence-electron chi connectivity index (χ1n) is 6.27. The summed E-state index contributed by atoms with van der Waals surface area (Å²) in [6, 6.07) is 0. The number of nitrogens with zero attached hydrogens (tertiary/aromatic N) is 1. The van der Waals surface area contributed by atoms with E-state index < -0.39 is 11.7 Å². The van der Waals surface area contributed by atoms with Crippen LogP contribution in [0.15, 0.2) is 10.9 Å². The summed E-state index contributed by atoms with van der Waals surface area (Å²) in [7, 11) is 0. The van der Waals surface area contributed by atoms with Gasteiger partial charge < -0.3 is 15.4 Å². The second kappa shape index (κ2) is 6.34. The topological polar surface area (TPSA) is 63.2 Å². The number of alkyl carbamates (subject to hydrolysis) is 1. The molecule has 5 nitrogen and oxygen atoms in total. The highest BCUT2D eigenvalue weighted by Gasteiger charge is 2.21. The summed E-state index contributed by atoms with van der Waals surface area (Å²) in [6.45, 7) is 10.8. The van der Waals surface area contributed by atoms with Gasteiger partial charge in [0.2, 0.25) is 0 Å². The van der Waals surface area contributed by atoms with E-state index >= 15 is 0 Å². The van der Waals surface area contributed by atoms with Crippen molar-refractivity contribution < 1.29 is 9.53 Å². The summed E-state index contributed by atoms with van der Waals surface area (Å²) < 4.78 is 5.19. The van der Waals surface area contributed by atoms with E-state index in [2.05, 4.69) is 15.6 Å². The number of nitrogens with one attached hydrogen (secondary N) is 2. The predicted octanol–water partition coefficient (Wildman–Crippen LogP) is 2.54. The van der Waals surface area contributed by atoms with Gasteiger partial charge in [0.15, 0.2) is 0 Å². The third kappa shape index (κ3) is 7.12. The van der Waals surface area contributed by atoms with E-state index in [1.54, 1.807) is 11.3 Å². The smallest absolute Gasteiger partial charge is 0.407 e. The lowest BCUT2D eigenvalue weighted by Gasteiger charge is -2.27. The molecule has 0 unspecified atom stereocenters. The molecule has 1 rings (SSSR count). The Kier molecular flexibility index (Phi) is 5.31. The van der Waals surface area contributed by atoms with Crippen LogP contribution >= 0.6 is 11.3 Å². The summed E-state index contributed by atoms with van der Waals surface area (Å²) in [5.41, 5.74) is 2.13. The second-order valence-corrected chi connectivity index (χ2v) is 6.79. The van der Waals surface area contributed by atoms with E-state index in [4.69, 9.17) is 4.74 Å². The molecule has 0 aliphatic rings.